The molecule has 1 fully saturated rings. The van der Waals surface area contributed by atoms with Crippen molar-refractivity contribution >= 4 is 23.5 Å². The number of carbonyl (C=O) groups is 1. The molecule has 2 heterocycles. The van der Waals surface area contributed by atoms with E-state index in [0.717, 1.165) is 5.75 Å². The summed E-state index contributed by atoms with van der Waals surface area (Å²) in [4.78, 5) is 26.1. The van der Waals surface area contributed by atoms with E-state index in [-0.39, 0.29) is 18.0 Å². The van der Waals surface area contributed by atoms with Gasteiger partial charge in [-0.1, -0.05) is 0 Å². The lowest BCUT2D eigenvalue weighted by atomic mass is 10.5. The molecule has 1 aromatic rings. The summed E-state index contributed by atoms with van der Waals surface area (Å²) in [6.45, 7) is 1.37. The Kier molecular flexibility index (Phi) is 3.25. The number of anilines is 1. The number of nitrogens with one attached hydrogen (secondary N) is 1. The highest BCUT2D eigenvalue weighted by atomic mass is 32.2. The average Bonchev–Trinajstić information content (AvgIpc) is 2.69. The summed E-state index contributed by atoms with van der Waals surface area (Å²) in [5.74, 6) is 1.34. The minimum Gasteiger partial charge on any atom is -0.346 e. The van der Waals surface area contributed by atoms with Gasteiger partial charge in [0.1, 0.15) is 12.0 Å². The maximum Gasteiger partial charge on any atom is 0.351 e. The van der Waals surface area contributed by atoms with Crippen LogP contribution in [-0.4, -0.2) is 27.2 Å². The fraction of sp³-hybridized carbons (Fsp3) is 0.444. The van der Waals surface area contributed by atoms with E-state index in [1.165, 1.54) is 11.5 Å². The smallest absolute Gasteiger partial charge is 0.346 e. The predicted molar refractivity (Wildman–Crippen MR) is 60.2 cm³/mol. The fourth-order valence-electron chi connectivity index (χ4n) is 1.37. The number of rotatable bonds is 2. The van der Waals surface area contributed by atoms with E-state index < -0.39 is 5.69 Å². The Morgan fingerprint density at radius 2 is 2.56 bits per heavy atom. The number of nitrogens with zero attached hydrogens (tertiary/aromatic N) is 2. The van der Waals surface area contributed by atoms with E-state index in [1.807, 2.05) is 0 Å². The molecular formula is C9H11N3O3S. The summed E-state index contributed by atoms with van der Waals surface area (Å²) in [7, 11) is 0. The number of carbonyl (C=O) groups excluding carboxylic acids is 1. The van der Waals surface area contributed by atoms with Crippen molar-refractivity contribution in [1.29, 1.82) is 0 Å². The lowest BCUT2D eigenvalue weighted by molar-refractivity contribution is -0.114. The highest BCUT2D eigenvalue weighted by molar-refractivity contribution is 7.99. The molecule has 1 atom stereocenters. The van der Waals surface area contributed by atoms with Gasteiger partial charge in [0, 0.05) is 18.9 Å². The van der Waals surface area contributed by atoms with Gasteiger partial charge in [-0.25, -0.2) is 4.79 Å². The highest BCUT2D eigenvalue weighted by Gasteiger charge is 2.19. The molecule has 0 spiro atoms. The number of ether oxygens (including phenoxy) is 1. The van der Waals surface area contributed by atoms with Crippen LogP contribution >= 0.6 is 11.8 Å². The Hall–Kier alpha value is -1.34. The Balaban J connectivity index is 2.22. The van der Waals surface area contributed by atoms with Crippen molar-refractivity contribution in [2.75, 3.05) is 17.0 Å². The fourth-order valence-corrected chi connectivity index (χ4v) is 2.17. The highest BCUT2D eigenvalue weighted by Crippen LogP contribution is 2.23. The second-order valence-corrected chi connectivity index (χ2v) is 4.27. The SMILES string of the molecule is CC(=O)Nc1ccn(C2CSCO2)c(=O)n1. The first-order valence-corrected chi connectivity index (χ1v) is 5.88. The van der Waals surface area contributed by atoms with Crippen LogP contribution in [0.4, 0.5) is 5.82 Å². The standard InChI is InChI=1S/C9H11N3O3S/c1-6(13)10-7-2-3-12(9(14)11-7)8-4-16-5-15-8/h2-3,8H,4-5H2,1H3,(H,10,11,13,14). The van der Waals surface area contributed by atoms with Gasteiger partial charge in [-0.15, -0.1) is 11.8 Å². The maximum absolute atomic E-state index is 11.6. The Labute approximate surface area is 96.0 Å². The summed E-state index contributed by atoms with van der Waals surface area (Å²) >= 11 is 1.62. The van der Waals surface area contributed by atoms with Gasteiger partial charge < -0.3 is 10.1 Å². The van der Waals surface area contributed by atoms with E-state index >= 15 is 0 Å². The number of aromatic nitrogens is 2. The monoisotopic (exact) mass is 241 g/mol. The molecule has 0 saturated carbocycles. The molecule has 0 aromatic carbocycles. The lowest BCUT2D eigenvalue weighted by Gasteiger charge is -2.11. The molecule has 1 saturated heterocycles. The number of thioether (sulfide) groups is 1. The van der Waals surface area contributed by atoms with Crippen LogP contribution in [0.2, 0.25) is 0 Å². The molecular weight excluding hydrogens is 230 g/mol. The number of amides is 1. The molecule has 1 amide bonds. The van der Waals surface area contributed by atoms with Gasteiger partial charge in [0.25, 0.3) is 0 Å². The molecule has 1 unspecified atom stereocenters. The first-order chi connectivity index (χ1) is 7.66. The summed E-state index contributed by atoms with van der Waals surface area (Å²) < 4.78 is 6.76. The maximum atomic E-state index is 11.6. The largest absolute Gasteiger partial charge is 0.351 e. The zero-order valence-electron chi connectivity index (χ0n) is 8.67. The van der Waals surface area contributed by atoms with E-state index in [4.69, 9.17) is 4.74 Å². The number of hydrogen-bond donors (Lipinski definition) is 1. The van der Waals surface area contributed by atoms with Gasteiger partial charge in [-0.2, -0.15) is 4.98 Å². The van der Waals surface area contributed by atoms with Crippen LogP contribution in [-0.2, 0) is 9.53 Å². The molecule has 0 bridgehead atoms. The molecule has 1 aliphatic heterocycles. The average molecular weight is 241 g/mol. The third-order valence-corrected chi connectivity index (χ3v) is 2.87. The van der Waals surface area contributed by atoms with Crippen LogP contribution in [0.3, 0.4) is 0 Å². The molecule has 7 heteroatoms. The minimum absolute atomic E-state index is 0.252. The summed E-state index contributed by atoms with van der Waals surface area (Å²) in [5, 5.41) is 2.45. The first-order valence-electron chi connectivity index (χ1n) is 4.73. The molecule has 0 aliphatic carbocycles. The third kappa shape index (κ3) is 2.42. The second-order valence-electron chi connectivity index (χ2n) is 3.29. The van der Waals surface area contributed by atoms with Crippen molar-refractivity contribution in [3.8, 4) is 0 Å². The second kappa shape index (κ2) is 4.67. The molecule has 16 heavy (non-hydrogen) atoms. The van der Waals surface area contributed by atoms with E-state index in [2.05, 4.69) is 10.3 Å². The zero-order valence-corrected chi connectivity index (χ0v) is 9.49. The normalized spacial score (nSPS) is 19.7. The van der Waals surface area contributed by atoms with Crippen molar-refractivity contribution in [3.05, 3.63) is 22.7 Å². The molecule has 2 rings (SSSR count). The van der Waals surface area contributed by atoms with Gasteiger partial charge >= 0.3 is 5.69 Å². The van der Waals surface area contributed by atoms with Crippen molar-refractivity contribution < 1.29 is 9.53 Å². The van der Waals surface area contributed by atoms with Gasteiger partial charge in [-0.3, -0.25) is 9.36 Å². The lowest BCUT2D eigenvalue weighted by Crippen LogP contribution is -2.28. The molecule has 1 aromatic heterocycles. The molecule has 1 N–H and O–H groups in total. The van der Waals surface area contributed by atoms with Crippen LogP contribution in [0, 0.1) is 0 Å². The van der Waals surface area contributed by atoms with Gasteiger partial charge in [-0.05, 0) is 6.07 Å². The van der Waals surface area contributed by atoms with Crippen LogP contribution in [0.1, 0.15) is 13.2 Å². The predicted octanol–water partition coefficient (Wildman–Crippen LogP) is 0.421. The van der Waals surface area contributed by atoms with Crippen molar-refractivity contribution in [2.45, 2.75) is 13.2 Å². The van der Waals surface area contributed by atoms with Gasteiger partial charge in [0.15, 0.2) is 0 Å². The van der Waals surface area contributed by atoms with E-state index in [9.17, 15) is 9.59 Å². The van der Waals surface area contributed by atoms with E-state index in [1.54, 1.807) is 24.0 Å². The summed E-state index contributed by atoms with van der Waals surface area (Å²) in [6.07, 6.45) is 1.33. The zero-order chi connectivity index (χ0) is 11.5. The quantitative estimate of drug-likeness (QED) is 0.812. The minimum atomic E-state index is -0.418. The molecule has 1 aliphatic rings. The molecule has 0 radical (unpaired) electrons. The van der Waals surface area contributed by atoms with Crippen molar-refractivity contribution in [2.24, 2.45) is 0 Å². The Morgan fingerprint density at radius 3 is 3.12 bits per heavy atom. The third-order valence-electron chi connectivity index (χ3n) is 2.05. The number of hydrogen-bond acceptors (Lipinski definition) is 5. The summed E-state index contributed by atoms with van der Waals surface area (Å²) in [6, 6.07) is 1.58. The van der Waals surface area contributed by atoms with E-state index in [0.29, 0.717) is 5.94 Å². The van der Waals surface area contributed by atoms with Crippen LogP contribution in [0.25, 0.3) is 0 Å². The van der Waals surface area contributed by atoms with Crippen molar-refractivity contribution in [1.82, 2.24) is 9.55 Å². The van der Waals surface area contributed by atoms with Gasteiger partial charge in [0.2, 0.25) is 5.91 Å². The molecule has 6 nitrogen and oxygen atoms in total. The van der Waals surface area contributed by atoms with Crippen LogP contribution in [0.15, 0.2) is 17.1 Å². The summed E-state index contributed by atoms with van der Waals surface area (Å²) in [5.41, 5.74) is -0.418. The topological polar surface area (TPSA) is 73.2 Å². The molecule has 86 valence electrons. The van der Waals surface area contributed by atoms with Gasteiger partial charge in [0.05, 0.1) is 5.94 Å². The van der Waals surface area contributed by atoms with Crippen molar-refractivity contribution in [3.63, 3.8) is 0 Å². The van der Waals surface area contributed by atoms with Crippen LogP contribution in [0.5, 0.6) is 0 Å². The van der Waals surface area contributed by atoms with Crippen LogP contribution < -0.4 is 11.0 Å². The Bertz CT molecular complexity index is 454. The first kappa shape index (κ1) is 11.2. The Morgan fingerprint density at radius 1 is 1.75 bits per heavy atom.